The van der Waals surface area contributed by atoms with E-state index < -0.39 is 10.0 Å². The number of piperazine rings is 1. The van der Waals surface area contributed by atoms with Gasteiger partial charge in [0.1, 0.15) is 0 Å². The maximum atomic E-state index is 11.8. The summed E-state index contributed by atoms with van der Waals surface area (Å²) >= 11 is 0. The number of aromatic nitrogens is 6. The first-order valence-corrected chi connectivity index (χ1v) is 12.6. The number of nitrogen functional groups attached to an aromatic ring is 1. The number of ether oxygens (including phenoxy) is 1. The number of rotatable bonds is 5. The molecule has 14 heteroatoms. The highest BCUT2D eigenvalue weighted by molar-refractivity contribution is 7.88. The second-order valence-corrected chi connectivity index (χ2v) is 10.1. The van der Waals surface area contributed by atoms with Gasteiger partial charge in [-0.25, -0.2) is 32.9 Å². The van der Waals surface area contributed by atoms with Crippen LogP contribution in [0.25, 0.3) is 16.9 Å². The zero-order chi connectivity index (χ0) is 23.0. The van der Waals surface area contributed by atoms with E-state index >= 15 is 0 Å². The van der Waals surface area contributed by atoms with Gasteiger partial charge in [0.25, 0.3) is 0 Å². The summed E-state index contributed by atoms with van der Waals surface area (Å²) in [5.41, 5.74) is 7.70. The highest BCUT2D eigenvalue weighted by atomic mass is 32.2. The van der Waals surface area contributed by atoms with Crippen LogP contribution in [0.2, 0.25) is 0 Å². The van der Waals surface area contributed by atoms with Crippen molar-refractivity contribution in [2.24, 2.45) is 0 Å². The molecule has 2 aliphatic rings. The highest BCUT2D eigenvalue weighted by Gasteiger charge is 2.25. The van der Waals surface area contributed by atoms with E-state index in [0.717, 1.165) is 11.4 Å². The number of hydrogen-bond acceptors (Lipinski definition) is 11. The molecule has 3 aromatic heterocycles. The number of sulfonamides is 1. The fourth-order valence-electron chi connectivity index (χ4n) is 4.00. The lowest BCUT2D eigenvalue weighted by Gasteiger charge is -2.32. The van der Waals surface area contributed by atoms with Crippen molar-refractivity contribution in [3.63, 3.8) is 0 Å². The summed E-state index contributed by atoms with van der Waals surface area (Å²) in [5.74, 6) is 1.59. The Bertz CT molecular complexity index is 1230. The molecule has 176 valence electrons. The highest BCUT2D eigenvalue weighted by Crippen LogP contribution is 2.25. The van der Waals surface area contributed by atoms with Gasteiger partial charge in [0, 0.05) is 57.2 Å². The lowest BCUT2D eigenvalue weighted by atomic mass is 10.2. The number of nitrogens with two attached hydrogens (primary N) is 1. The molecule has 0 bridgehead atoms. The van der Waals surface area contributed by atoms with Gasteiger partial charge in [-0.3, -0.25) is 4.90 Å². The molecule has 2 saturated heterocycles. The molecule has 0 saturated carbocycles. The molecule has 13 nitrogen and oxygen atoms in total. The van der Waals surface area contributed by atoms with Gasteiger partial charge >= 0.3 is 0 Å². The van der Waals surface area contributed by atoms with Crippen LogP contribution in [-0.4, -0.2) is 106 Å². The second-order valence-electron chi connectivity index (χ2n) is 8.11. The first-order chi connectivity index (χ1) is 15.9. The number of fused-ring (bicyclic) bond motifs is 1. The van der Waals surface area contributed by atoms with Crippen LogP contribution in [0.5, 0.6) is 0 Å². The van der Waals surface area contributed by atoms with E-state index in [1.807, 2.05) is 6.20 Å². The fraction of sp³-hybridized carbons (Fsp3) is 0.526. The van der Waals surface area contributed by atoms with Gasteiger partial charge in [-0.1, -0.05) is 0 Å². The first-order valence-electron chi connectivity index (χ1n) is 10.7. The van der Waals surface area contributed by atoms with Gasteiger partial charge in [-0.05, 0) is 0 Å². The molecule has 0 aromatic carbocycles. The van der Waals surface area contributed by atoms with E-state index in [0.29, 0.717) is 76.2 Å². The molecule has 0 aliphatic carbocycles. The molecule has 33 heavy (non-hydrogen) atoms. The third kappa shape index (κ3) is 4.73. The molecule has 0 atom stereocenters. The van der Waals surface area contributed by atoms with Gasteiger partial charge in [-0.15, -0.1) is 5.10 Å². The fourth-order valence-corrected chi connectivity index (χ4v) is 4.83. The second kappa shape index (κ2) is 8.78. The SMILES string of the molecule is CS(=O)(=O)N1CCN(Cc2nc3c(N4CCOCC4)nc(-c4cnc(N)nc4)cn3n2)CC1. The average Bonchev–Trinajstić information content (AvgIpc) is 3.21. The van der Waals surface area contributed by atoms with E-state index in [9.17, 15) is 8.42 Å². The van der Waals surface area contributed by atoms with Crippen molar-refractivity contribution in [2.45, 2.75) is 6.54 Å². The predicted molar refractivity (Wildman–Crippen MR) is 121 cm³/mol. The Hall–Kier alpha value is -2.94. The minimum atomic E-state index is -3.17. The molecule has 0 radical (unpaired) electrons. The summed E-state index contributed by atoms with van der Waals surface area (Å²) < 4.78 is 32.3. The van der Waals surface area contributed by atoms with Crippen molar-refractivity contribution in [3.8, 4) is 11.3 Å². The summed E-state index contributed by atoms with van der Waals surface area (Å²) in [6.45, 7) is 5.38. The Morgan fingerprint density at radius 2 is 1.73 bits per heavy atom. The van der Waals surface area contributed by atoms with E-state index in [2.05, 4.69) is 19.8 Å². The van der Waals surface area contributed by atoms with Crippen LogP contribution in [0, 0.1) is 0 Å². The van der Waals surface area contributed by atoms with Gasteiger partial charge in [-0.2, -0.15) is 4.31 Å². The van der Waals surface area contributed by atoms with Crippen LogP contribution in [-0.2, 0) is 21.3 Å². The third-order valence-corrected chi connectivity index (χ3v) is 7.09. The molecule has 0 spiro atoms. The zero-order valence-electron chi connectivity index (χ0n) is 18.3. The minimum Gasteiger partial charge on any atom is -0.378 e. The number of hydrogen-bond donors (Lipinski definition) is 1. The monoisotopic (exact) mass is 474 g/mol. The van der Waals surface area contributed by atoms with Crippen LogP contribution in [0.3, 0.4) is 0 Å². The molecule has 2 N–H and O–H groups in total. The zero-order valence-corrected chi connectivity index (χ0v) is 19.1. The topological polar surface area (TPSA) is 148 Å². The standard InChI is InChI=1S/C19H26N10O3S/c1-33(30,31)28-4-2-26(3-5-28)13-16-24-18-17(27-6-8-32-9-7-27)23-15(12-29(18)25-16)14-10-21-19(20)22-11-14/h10-12H,2-9,13H2,1H3,(H2,20,21,22). The van der Waals surface area contributed by atoms with Gasteiger partial charge in [0.05, 0.1) is 37.9 Å². The average molecular weight is 475 g/mol. The maximum absolute atomic E-state index is 11.8. The molecule has 5 heterocycles. The van der Waals surface area contributed by atoms with E-state index in [1.165, 1.54) is 10.6 Å². The molecular formula is C19H26N10O3S. The quantitative estimate of drug-likeness (QED) is 0.489. The summed E-state index contributed by atoms with van der Waals surface area (Å²) in [6.07, 6.45) is 6.33. The number of nitrogens with zero attached hydrogens (tertiary/aromatic N) is 9. The molecular weight excluding hydrogens is 448 g/mol. The smallest absolute Gasteiger partial charge is 0.219 e. The van der Waals surface area contributed by atoms with Crippen molar-refractivity contribution in [3.05, 3.63) is 24.4 Å². The Morgan fingerprint density at radius 1 is 1.03 bits per heavy atom. The molecule has 3 aromatic rings. The summed E-state index contributed by atoms with van der Waals surface area (Å²) in [6, 6.07) is 0. The van der Waals surface area contributed by atoms with E-state index in [4.69, 9.17) is 25.5 Å². The Balaban J connectivity index is 1.45. The first kappa shape index (κ1) is 21.9. The van der Waals surface area contributed by atoms with Crippen molar-refractivity contribution in [1.29, 1.82) is 0 Å². The minimum absolute atomic E-state index is 0.201. The molecule has 5 rings (SSSR count). The lowest BCUT2D eigenvalue weighted by Crippen LogP contribution is -2.47. The van der Waals surface area contributed by atoms with E-state index in [-0.39, 0.29) is 5.95 Å². The van der Waals surface area contributed by atoms with E-state index in [1.54, 1.807) is 16.9 Å². The van der Waals surface area contributed by atoms with Crippen molar-refractivity contribution < 1.29 is 13.2 Å². The maximum Gasteiger partial charge on any atom is 0.219 e. The normalized spacial score (nSPS) is 18.8. The summed E-state index contributed by atoms with van der Waals surface area (Å²) in [7, 11) is -3.17. The van der Waals surface area contributed by atoms with Gasteiger partial charge < -0.3 is 15.4 Å². The molecule has 0 amide bonds. The molecule has 0 unspecified atom stereocenters. The molecule has 2 aliphatic heterocycles. The number of anilines is 2. The van der Waals surface area contributed by atoms with Crippen LogP contribution in [0.1, 0.15) is 5.82 Å². The Morgan fingerprint density at radius 3 is 2.39 bits per heavy atom. The van der Waals surface area contributed by atoms with Crippen LogP contribution >= 0.6 is 0 Å². The Labute approximate surface area is 191 Å². The largest absolute Gasteiger partial charge is 0.378 e. The van der Waals surface area contributed by atoms with Crippen molar-refractivity contribution >= 4 is 27.4 Å². The van der Waals surface area contributed by atoms with Gasteiger partial charge in [0.2, 0.25) is 16.0 Å². The van der Waals surface area contributed by atoms with Crippen LogP contribution < -0.4 is 10.6 Å². The Kier molecular flexibility index (Phi) is 5.82. The van der Waals surface area contributed by atoms with Crippen molar-refractivity contribution in [1.82, 2.24) is 38.8 Å². The summed E-state index contributed by atoms with van der Waals surface area (Å²) in [5, 5.41) is 4.70. The van der Waals surface area contributed by atoms with Crippen LogP contribution in [0.15, 0.2) is 18.6 Å². The lowest BCUT2D eigenvalue weighted by molar-refractivity contribution is 0.122. The van der Waals surface area contributed by atoms with Gasteiger partial charge in [0.15, 0.2) is 17.3 Å². The van der Waals surface area contributed by atoms with Crippen LogP contribution in [0.4, 0.5) is 11.8 Å². The summed E-state index contributed by atoms with van der Waals surface area (Å²) in [4.78, 5) is 22.1. The predicted octanol–water partition coefficient (Wildman–Crippen LogP) is -0.923. The molecule has 2 fully saturated rings. The van der Waals surface area contributed by atoms with Crippen molar-refractivity contribution in [2.75, 3.05) is 69.4 Å². The number of morpholine rings is 1. The third-order valence-electron chi connectivity index (χ3n) is 5.79.